The molecule has 6 nitrogen and oxygen atoms in total. The minimum Gasteiger partial charge on any atom is -0.351 e. The van der Waals surface area contributed by atoms with Crippen molar-refractivity contribution < 1.29 is 22.8 Å². The van der Waals surface area contributed by atoms with Crippen molar-refractivity contribution >= 4 is 17.6 Å². The summed E-state index contributed by atoms with van der Waals surface area (Å²) in [5.74, 6) is -0.532. The molecule has 0 spiro atoms. The van der Waals surface area contributed by atoms with Crippen molar-refractivity contribution in [3.63, 3.8) is 0 Å². The number of hydrogen-bond donors (Lipinski definition) is 3. The fraction of sp³-hybridized carbons (Fsp3) is 0.235. The maximum atomic E-state index is 12.6. The van der Waals surface area contributed by atoms with E-state index in [1.54, 1.807) is 31.2 Å². The molecule has 1 aromatic carbocycles. The molecule has 0 aliphatic carbocycles. The van der Waals surface area contributed by atoms with Crippen LogP contribution in [0, 0.1) is 6.92 Å². The van der Waals surface area contributed by atoms with Gasteiger partial charge in [0.1, 0.15) is 5.69 Å². The maximum absolute atomic E-state index is 12.6. The van der Waals surface area contributed by atoms with Gasteiger partial charge in [-0.15, -0.1) is 0 Å². The smallest absolute Gasteiger partial charge is 0.351 e. The SMILES string of the molecule is Cc1nc(C(F)(F)F)ccc1C(=O)N[C@H](C)c1ccc(NC(N)=O)cc1. The molecule has 0 radical (unpaired) electrons. The first kappa shape index (κ1) is 19.2. The summed E-state index contributed by atoms with van der Waals surface area (Å²) < 4.78 is 37.9. The van der Waals surface area contributed by atoms with Crippen LogP contribution in [0.3, 0.4) is 0 Å². The minimum absolute atomic E-state index is 0.00877. The highest BCUT2D eigenvalue weighted by molar-refractivity contribution is 5.95. The Labute approximate surface area is 147 Å². The van der Waals surface area contributed by atoms with Gasteiger partial charge in [-0.3, -0.25) is 4.79 Å². The average molecular weight is 366 g/mol. The first-order chi connectivity index (χ1) is 12.1. The summed E-state index contributed by atoms with van der Waals surface area (Å²) in [4.78, 5) is 26.5. The monoisotopic (exact) mass is 366 g/mol. The Balaban J connectivity index is 2.10. The van der Waals surface area contributed by atoms with Gasteiger partial charge in [0.15, 0.2) is 0 Å². The molecular weight excluding hydrogens is 349 g/mol. The number of pyridine rings is 1. The lowest BCUT2D eigenvalue weighted by molar-refractivity contribution is -0.141. The van der Waals surface area contributed by atoms with E-state index < -0.39 is 29.9 Å². The van der Waals surface area contributed by atoms with Crippen LogP contribution in [-0.2, 0) is 6.18 Å². The van der Waals surface area contributed by atoms with Crippen LogP contribution in [0.4, 0.5) is 23.7 Å². The van der Waals surface area contributed by atoms with Crippen LogP contribution < -0.4 is 16.4 Å². The van der Waals surface area contributed by atoms with E-state index >= 15 is 0 Å². The largest absolute Gasteiger partial charge is 0.433 e. The molecule has 0 fully saturated rings. The lowest BCUT2D eigenvalue weighted by Crippen LogP contribution is -2.28. The highest BCUT2D eigenvalue weighted by Gasteiger charge is 2.33. The molecule has 0 bridgehead atoms. The number of benzene rings is 1. The molecule has 0 aliphatic rings. The van der Waals surface area contributed by atoms with Crippen molar-refractivity contribution in [3.8, 4) is 0 Å². The van der Waals surface area contributed by atoms with E-state index in [0.29, 0.717) is 5.69 Å². The van der Waals surface area contributed by atoms with Gasteiger partial charge in [0, 0.05) is 5.69 Å². The third-order valence-electron chi connectivity index (χ3n) is 3.65. The normalized spacial score (nSPS) is 12.3. The Hall–Kier alpha value is -3.10. The zero-order valence-electron chi connectivity index (χ0n) is 14.0. The lowest BCUT2D eigenvalue weighted by Gasteiger charge is -2.16. The molecule has 1 heterocycles. The Morgan fingerprint density at radius 1 is 1.12 bits per heavy atom. The number of primary amides is 1. The van der Waals surface area contributed by atoms with Gasteiger partial charge >= 0.3 is 12.2 Å². The van der Waals surface area contributed by atoms with Crippen LogP contribution in [0.5, 0.6) is 0 Å². The van der Waals surface area contributed by atoms with E-state index in [-0.39, 0.29) is 11.3 Å². The molecule has 0 unspecified atom stereocenters. The van der Waals surface area contributed by atoms with Crippen molar-refractivity contribution in [1.29, 1.82) is 0 Å². The average Bonchev–Trinajstić information content (AvgIpc) is 2.53. The van der Waals surface area contributed by atoms with Crippen LogP contribution in [0.15, 0.2) is 36.4 Å². The number of hydrogen-bond acceptors (Lipinski definition) is 3. The predicted octanol–water partition coefficient (Wildman–Crippen LogP) is 3.39. The number of carbonyl (C=O) groups is 2. The van der Waals surface area contributed by atoms with Gasteiger partial charge in [-0.2, -0.15) is 13.2 Å². The van der Waals surface area contributed by atoms with Gasteiger partial charge in [-0.1, -0.05) is 12.1 Å². The first-order valence-corrected chi connectivity index (χ1v) is 7.60. The molecule has 26 heavy (non-hydrogen) atoms. The van der Waals surface area contributed by atoms with E-state index in [0.717, 1.165) is 17.7 Å². The fourth-order valence-electron chi connectivity index (χ4n) is 2.31. The summed E-state index contributed by atoms with van der Waals surface area (Å²) in [6, 6.07) is 7.39. The van der Waals surface area contributed by atoms with Gasteiger partial charge in [-0.05, 0) is 43.7 Å². The number of urea groups is 1. The van der Waals surface area contributed by atoms with Crippen LogP contribution in [0.2, 0.25) is 0 Å². The minimum atomic E-state index is -4.56. The summed E-state index contributed by atoms with van der Waals surface area (Å²) in [7, 11) is 0. The van der Waals surface area contributed by atoms with E-state index in [1.165, 1.54) is 6.92 Å². The second-order valence-corrected chi connectivity index (χ2v) is 5.63. The highest BCUT2D eigenvalue weighted by atomic mass is 19.4. The molecule has 4 N–H and O–H groups in total. The van der Waals surface area contributed by atoms with Crippen molar-refractivity contribution in [3.05, 3.63) is 58.9 Å². The Morgan fingerprint density at radius 2 is 1.73 bits per heavy atom. The molecule has 0 saturated carbocycles. The summed E-state index contributed by atoms with van der Waals surface area (Å²) in [6.45, 7) is 3.07. The van der Waals surface area contributed by atoms with Crippen molar-refractivity contribution in [1.82, 2.24) is 10.3 Å². The number of aryl methyl sites for hydroxylation is 1. The number of alkyl halides is 3. The molecule has 1 atom stereocenters. The van der Waals surface area contributed by atoms with Crippen LogP contribution in [-0.4, -0.2) is 16.9 Å². The van der Waals surface area contributed by atoms with Gasteiger partial charge in [-0.25, -0.2) is 9.78 Å². The number of nitrogens with one attached hydrogen (secondary N) is 2. The van der Waals surface area contributed by atoms with Gasteiger partial charge < -0.3 is 16.4 Å². The van der Waals surface area contributed by atoms with E-state index in [4.69, 9.17) is 5.73 Å². The summed E-state index contributed by atoms with van der Waals surface area (Å²) in [6.07, 6.45) is -4.56. The number of amides is 3. The Morgan fingerprint density at radius 3 is 2.23 bits per heavy atom. The van der Waals surface area contributed by atoms with Gasteiger partial charge in [0.05, 0.1) is 17.3 Å². The van der Waals surface area contributed by atoms with Crippen molar-refractivity contribution in [2.75, 3.05) is 5.32 Å². The fourth-order valence-corrected chi connectivity index (χ4v) is 2.31. The number of nitrogens with two attached hydrogens (primary N) is 1. The number of rotatable bonds is 4. The van der Waals surface area contributed by atoms with Gasteiger partial charge in [0.2, 0.25) is 0 Å². The molecule has 2 rings (SSSR count). The summed E-state index contributed by atoms with van der Waals surface area (Å²) in [5, 5.41) is 5.11. The molecule has 9 heteroatoms. The zero-order valence-corrected chi connectivity index (χ0v) is 14.0. The quantitative estimate of drug-likeness (QED) is 0.774. The molecule has 1 aromatic heterocycles. The Bertz CT molecular complexity index is 820. The third-order valence-corrected chi connectivity index (χ3v) is 3.65. The highest BCUT2D eigenvalue weighted by Crippen LogP contribution is 2.28. The number of nitrogens with zero attached hydrogens (tertiary/aromatic N) is 1. The maximum Gasteiger partial charge on any atom is 0.433 e. The second-order valence-electron chi connectivity index (χ2n) is 5.63. The molecule has 2 aromatic rings. The second kappa shape index (κ2) is 7.42. The van der Waals surface area contributed by atoms with Crippen molar-refractivity contribution in [2.45, 2.75) is 26.1 Å². The van der Waals surface area contributed by atoms with Crippen LogP contribution >= 0.6 is 0 Å². The van der Waals surface area contributed by atoms with Crippen molar-refractivity contribution in [2.24, 2.45) is 5.73 Å². The number of halogens is 3. The van der Waals surface area contributed by atoms with E-state index in [2.05, 4.69) is 15.6 Å². The standard InChI is InChI=1S/C17H17F3N4O2/c1-9(11-3-5-12(6-4-11)24-16(21)26)23-15(25)13-7-8-14(17(18,19)20)22-10(13)2/h3-9H,1-2H3,(H,23,25)(H3,21,24,26)/t9-/m1/s1. The number of carbonyl (C=O) groups excluding carboxylic acids is 2. The van der Waals surface area contributed by atoms with E-state index in [9.17, 15) is 22.8 Å². The molecule has 3 amide bonds. The molecule has 0 aliphatic heterocycles. The summed E-state index contributed by atoms with van der Waals surface area (Å²) >= 11 is 0. The molecular formula is C17H17F3N4O2. The molecule has 138 valence electrons. The molecule has 0 saturated heterocycles. The van der Waals surface area contributed by atoms with E-state index in [1.807, 2.05) is 0 Å². The Kier molecular flexibility index (Phi) is 5.49. The van der Waals surface area contributed by atoms with Crippen LogP contribution in [0.1, 0.15) is 40.3 Å². The first-order valence-electron chi connectivity index (χ1n) is 7.60. The topological polar surface area (TPSA) is 97.1 Å². The zero-order chi connectivity index (χ0) is 19.5. The number of anilines is 1. The van der Waals surface area contributed by atoms with Gasteiger partial charge in [0.25, 0.3) is 5.91 Å². The van der Waals surface area contributed by atoms with Crippen LogP contribution in [0.25, 0.3) is 0 Å². The lowest BCUT2D eigenvalue weighted by atomic mass is 10.1. The predicted molar refractivity (Wildman–Crippen MR) is 89.5 cm³/mol. The third kappa shape index (κ3) is 4.71. The number of aromatic nitrogens is 1. The summed E-state index contributed by atoms with van der Waals surface area (Å²) in [5.41, 5.74) is 5.28.